The van der Waals surface area contributed by atoms with E-state index in [-0.39, 0.29) is 0 Å². The summed E-state index contributed by atoms with van der Waals surface area (Å²) in [5.74, 6) is 1.16. The van der Waals surface area contributed by atoms with Gasteiger partial charge in [-0.2, -0.15) is 0 Å². The molecule has 0 bridgehead atoms. The van der Waals surface area contributed by atoms with E-state index in [1.807, 2.05) is 0 Å². The molecular weight excluding hydrogens is 226 g/mol. The molecule has 0 amide bonds. The van der Waals surface area contributed by atoms with Gasteiger partial charge in [-0.15, -0.1) is 0 Å². The van der Waals surface area contributed by atoms with E-state index in [9.17, 15) is 0 Å². The third-order valence-electron chi connectivity index (χ3n) is 2.84. The molecule has 0 aliphatic carbocycles. The summed E-state index contributed by atoms with van der Waals surface area (Å²) in [6.45, 7) is 9.58. The minimum atomic E-state index is 0.810. The fraction of sp³-hybridized carbons (Fsp3) is 0.786. The lowest BCUT2D eigenvalue weighted by Gasteiger charge is -2.32. The van der Waals surface area contributed by atoms with Crippen molar-refractivity contribution in [3.05, 3.63) is 11.6 Å². The number of allylic oxidation sites excluding steroid dienone is 1. The van der Waals surface area contributed by atoms with Gasteiger partial charge >= 0.3 is 0 Å². The molecule has 0 aromatic rings. The molecule has 4 heteroatoms. The molecule has 1 fully saturated rings. The summed E-state index contributed by atoms with van der Waals surface area (Å²) in [4.78, 5) is 9.27. The first-order valence-electron chi connectivity index (χ1n) is 6.90. The van der Waals surface area contributed by atoms with Crippen LogP contribution in [0.15, 0.2) is 16.6 Å². The number of rotatable bonds is 5. The Morgan fingerprint density at radius 2 is 1.94 bits per heavy atom. The normalized spacial score (nSPS) is 18.6. The lowest BCUT2D eigenvalue weighted by molar-refractivity contribution is 0.0679. The fourth-order valence-corrected chi connectivity index (χ4v) is 2.14. The summed E-state index contributed by atoms with van der Waals surface area (Å²) in [6, 6.07) is 0. The van der Waals surface area contributed by atoms with Gasteiger partial charge in [0.1, 0.15) is 5.84 Å². The van der Waals surface area contributed by atoms with E-state index >= 15 is 0 Å². The summed E-state index contributed by atoms with van der Waals surface area (Å²) >= 11 is 0. The van der Waals surface area contributed by atoms with Crippen LogP contribution in [0.1, 0.15) is 20.3 Å². The molecule has 0 unspecified atom stereocenters. The molecule has 4 nitrogen and oxygen atoms in total. The summed E-state index contributed by atoms with van der Waals surface area (Å²) in [7, 11) is 4.21. The number of aliphatic imine (C=N–C) groups is 1. The fourth-order valence-electron chi connectivity index (χ4n) is 2.14. The predicted molar refractivity (Wildman–Crippen MR) is 77.3 cm³/mol. The van der Waals surface area contributed by atoms with Crippen LogP contribution in [0.4, 0.5) is 0 Å². The van der Waals surface area contributed by atoms with Gasteiger partial charge in [-0.25, -0.2) is 0 Å². The van der Waals surface area contributed by atoms with Crippen molar-refractivity contribution in [1.29, 1.82) is 0 Å². The van der Waals surface area contributed by atoms with Crippen molar-refractivity contribution >= 4 is 5.84 Å². The van der Waals surface area contributed by atoms with E-state index in [0.717, 1.165) is 51.6 Å². The van der Waals surface area contributed by atoms with Gasteiger partial charge in [0.15, 0.2) is 0 Å². The average Bonchev–Trinajstić information content (AvgIpc) is 2.36. The molecule has 0 aromatic carbocycles. The first-order chi connectivity index (χ1) is 8.69. The van der Waals surface area contributed by atoms with E-state index < -0.39 is 0 Å². The second-order valence-electron chi connectivity index (χ2n) is 4.77. The van der Waals surface area contributed by atoms with Crippen LogP contribution in [0.25, 0.3) is 0 Å². The van der Waals surface area contributed by atoms with Crippen LogP contribution in [-0.2, 0) is 4.74 Å². The van der Waals surface area contributed by atoms with Crippen molar-refractivity contribution in [2.75, 3.05) is 53.5 Å². The van der Waals surface area contributed by atoms with Crippen LogP contribution < -0.4 is 0 Å². The zero-order valence-corrected chi connectivity index (χ0v) is 12.3. The van der Waals surface area contributed by atoms with Crippen LogP contribution in [0.5, 0.6) is 0 Å². The quantitative estimate of drug-likeness (QED) is 0.551. The van der Waals surface area contributed by atoms with Gasteiger partial charge in [0.2, 0.25) is 0 Å². The monoisotopic (exact) mass is 253 g/mol. The molecule has 0 N–H and O–H groups in total. The molecule has 0 spiro atoms. The largest absolute Gasteiger partial charge is 0.378 e. The van der Waals surface area contributed by atoms with Crippen molar-refractivity contribution in [1.82, 2.24) is 9.80 Å². The number of likely N-dealkylation sites (N-methyl/N-ethyl adjacent to an activating group) is 1. The van der Waals surface area contributed by atoms with E-state index in [1.54, 1.807) is 0 Å². The van der Waals surface area contributed by atoms with Gasteiger partial charge in [0, 0.05) is 31.8 Å². The zero-order valence-electron chi connectivity index (χ0n) is 12.3. The second kappa shape index (κ2) is 8.27. The lowest BCUT2D eigenvalue weighted by atomic mass is 10.1. The third-order valence-corrected chi connectivity index (χ3v) is 2.84. The number of hydrogen-bond donors (Lipinski definition) is 0. The van der Waals surface area contributed by atoms with Crippen molar-refractivity contribution in [2.24, 2.45) is 4.99 Å². The summed E-state index contributed by atoms with van der Waals surface area (Å²) in [5.41, 5.74) is 1.34. The van der Waals surface area contributed by atoms with Gasteiger partial charge in [0.05, 0.1) is 13.2 Å². The molecule has 104 valence electrons. The molecule has 1 aliphatic heterocycles. The number of ether oxygens (including phenoxy) is 1. The Kier molecular flexibility index (Phi) is 6.98. The molecule has 0 atom stereocenters. The molecule has 0 aromatic heterocycles. The molecule has 1 aliphatic rings. The van der Waals surface area contributed by atoms with Crippen LogP contribution in [0.3, 0.4) is 0 Å². The molecular formula is C14H27N3O. The van der Waals surface area contributed by atoms with Gasteiger partial charge in [0.25, 0.3) is 0 Å². The highest BCUT2D eigenvalue weighted by molar-refractivity contribution is 5.98. The van der Waals surface area contributed by atoms with Crippen molar-refractivity contribution in [2.45, 2.75) is 20.3 Å². The topological polar surface area (TPSA) is 28.1 Å². The highest BCUT2D eigenvalue weighted by atomic mass is 16.5. The highest BCUT2D eigenvalue weighted by Crippen LogP contribution is 2.10. The zero-order chi connectivity index (χ0) is 13.4. The minimum absolute atomic E-state index is 0.810. The van der Waals surface area contributed by atoms with Gasteiger partial charge < -0.3 is 14.5 Å². The highest BCUT2D eigenvalue weighted by Gasteiger charge is 2.18. The lowest BCUT2D eigenvalue weighted by Crippen LogP contribution is -2.43. The Labute approximate surface area is 111 Å². The first kappa shape index (κ1) is 15.2. The molecule has 18 heavy (non-hydrogen) atoms. The van der Waals surface area contributed by atoms with Crippen molar-refractivity contribution < 1.29 is 4.74 Å². The van der Waals surface area contributed by atoms with Crippen LogP contribution >= 0.6 is 0 Å². The van der Waals surface area contributed by atoms with E-state index in [4.69, 9.17) is 9.73 Å². The Bertz CT molecular complexity index is 291. The summed E-state index contributed by atoms with van der Waals surface area (Å²) < 4.78 is 5.42. The number of morpholine rings is 1. The number of nitrogens with zero attached hydrogens (tertiary/aromatic N) is 3. The van der Waals surface area contributed by atoms with Gasteiger partial charge in [-0.3, -0.25) is 4.99 Å². The molecule has 1 saturated heterocycles. The summed E-state index contributed by atoms with van der Waals surface area (Å²) in [5, 5.41) is 0. The minimum Gasteiger partial charge on any atom is -0.378 e. The molecule has 1 heterocycles. The molecule has 1 rings (SSSR count). The average molecular weight is 253 g/mol. The predicted octanol–water partition coefficient (Wildman–Crippen LogP) is 1.64. The Morgan fingerprint density at radius 3 is 2.44 bits per heavy atom. The molecule has 0 radical (unpaired) electrons. The smallest absolute Gasteiger partial charge is 0.127 e. The Hall–Kier alpha value is -0.870. The van der Waals surface area contributed by atoms with Gasteiger partial charge in [-0.1, -0.05) is 13.0 Å². The van der Waals surface area contributed by atoms with Crippen LogP contribution in [0, 0.1) is 0 Å². The Balaban J connectivity index is 2.85. The van der Waals surface area contributed by atoms with E-state index in [0.29, 0.717) is 0 Å². The van der Waals surface area contributed by atoms with Crippen LogP contribution in [-0.4, -0.2) is 69.1 Å². The van der Waals surface area contributed by atoms with Crippen LogP contribution in [0.2, 0.25) is 0 Å². The third kappa shape index (κ3) is 4.78. The molecule has 0 saturated carbocycles. The SMILES string of the molecule is CC/C=C(/CN(C)C)C(=NCC)N1CCOCC1. The maximum absolute atomic E-state index is 5.42. The maximum atomic E-state index is 5.42. The number of hydrogen-bond acceptors (Lipinski definition) is 3. The van der Waals surface area contributed by atoms with E-state index in [2.05, 4.69) is 43.8 Å². The second-order valence-corrected chi connectivity index (χ2v) is 4.77. The standard InChI is InChI=1S/C14H27N3O/c1-5-7-13(12-16(3)4)14(15-6-2)17-8-10-18-11-9-17/h7H,5-6,8-12H2,1-4H3/b13-7-,15-14?. The van der Waals surface area contributed by atoms with Crippen molar-refractivity contribution in [3.63, 3.8) is 0 Å². The number of amidine groups is 1. The van der Waals surface area contributed by atoms with E-state index in [1.165, 1.54) is 5.57 Å². The first-order valence-corrected chi connectivity index (χ1v) is 6.90. The van der Waals surface area contributed by atoms with Crippen molar-refractivity contribution in [3.8, 4) is 0 Å². The van der Waals surface area contributed by atoms with Gasteiger partial charge in [-0.05, 0) is 27.4 Å². The maximum Gasteiger partial charge on any atom is 0.127 e. The summed E-state index contributed by atoms with van der Waals surface area (Å²) in [6.07, 6.45) is 3.35. The Morgan fingerprint density at radius 1 is 1.28 bits per heavy atom.